The van der Waals surface area contributed by atoms with E-state index in [0.29, 0.717) is 26.3 Å². The zero-order valence-corrected chi connectivity index (χ0v) is 13.7. The molecule has 2 rings (SSSR count). The molecule has 0 aliphatic carbocycles. The molecule has 21 heavy (non-hydrogen) atoms. The molecule has 1 aliphatic heterocycles. The molecule has 6 nitrogen and oxygen atoms in total. The fourth-order valence-corrected chi connectivity index (χ4v) is 4.48. The molecule has 1 saturated heterocycles. The summed E-state index contributed by atoms with van der Waals surface area (Å²) in [4.78, 5) is 0.241. The minimum atomic E-state index is -3.59. The Morgan fingerprint density at radius 3 is 1.90 bits per heavy atom. The predicted molar refractivity (Wildman–Crippen MR) is 78.3 cm³/mol. The van der Waals surface area contributed by atoms with Crippen LogP contribution in [0.4, 0.5) is 0 Å². The number of hydrogen-bond acceptors (Lipinski definition) is 5. The molecule has 1 fully saturated rings. The zero-order chi connectivity index (χ0) is 15.7. The maximum atomic E-state index is 12.4. The summed E-state index contributed by atoms with van der Waals surface area (Å²) in [6.07, 6.45) is 0. The molecule has 0 bridgehead atoms. The minimum absolute atomic E-state index is 0.104. The van der Waals surface area contributed by atoms with Crippen LogP contribution in [0.15, 0.2) is 34.1 Å². The van der Waals surface area contributed by atoms with Gasteiger partial charge in [-0.2, -0.15) is 4.31 Å². The third-order valence-electron chi connectivity index (χ3n) is 3.38. The van der Waals surface area contributed by atoms with Gasteiger partial charge in [0.15, 0.2) is 9.84 Å². The second kappa shape index (κ2) is 6.04. The summed E-state index contributed by atoms with van der Waals surface area (Å²) >= 11 is 0. The molecule has 0 N–H and O–H groups in total. The van der Waals surface area contributed by atoms with Gasteiger partial charge in [-0.3, -0.25) is 0 Å². The van der Waals surface area contributed by atoms with E-state index >= 15 is 0 Å². The van der Waals surface area contributed by atoms with Crippen LogP contribution < -0.4 is 0 Å². The molecule has 1 aliphatic rings. The molecule has 0 saturated carbocycles. The Bertz CT molecular complexity index is 687. The Kier molecular flexibility index (Phi) is 4.72. The second-order valence-corrected chi connectivity index (χ2v) is 9.52. The summed E-state index contributed by atoms with van der Waals surface area (Å²) < 4.78 is 55.3. The zero-order valence-electron chi connectivity index (χ0n) is 12.0. The van der Waals surface area contributed by atoms with E-state index in [9.17, 15) is 16.8 Å². The molecule has 1 heterocycles. The van der Waals surface area contributed by atoms with Gasteiger partial charge in [-0.1, -0.05) is 0 Å². The summed E-state index contributed by atoms with van der Waals surface area (Å²) in [5.41, 5.74) is 0. The standard InChI is InChI=1S/C13H19NO5S2/c1-11(2)20(15,16)12-3-5-13(6-4-12)21(17,18)14-7-9-19-10-8-14/h3-6,11H,7-10H2,1-2H3. The van der Waals surface area contributed by atoms with E-state index in [1.54, 1.807) is 13.8 Å². The molecule has 0 unspecified atom stereocenters. The highest BCUT2D eigenvalue weighted by Crippen LogP contribution is 2.21. The van der Waals surface area contributed by atoms with Crippen molar-refractivity contribution >= 4 is 19.9 Å². The number of sulfone groups is 1. The Morgan fingerprint density at radius 2 is 1.43 bits per heavy atom. The van der Waals surface area contributed by atoms with Crippen molar-refractivity contribution in [1.29, 1.82) is 0 Å². The van der Waals surface area contributed by atoms with Gasteiger partial charge in [-0.05, 0) is 38.1 Å². The lowest BCUT2D eigenvalue weighted by Gasteiger charge is -2.26. The SMILES string of the molecule is CC(C)S(=O)(=O)c1ccc(S(=O)(=O)N2CCOCC2)cc1. The number of ether oxygens (including phenoxy) is 1. The molecule has 0 aromatic heterocycles. The van der Waals surface area contributed by atoms with Gasteiger partial charge in [-0.25, -0.2) is 16.8 Å². The van der Waals surface area contributed by atoms with E-state index in [2.05, 4.69) is 0 Å². The molecule has 1 aromatic rings. The smallest absolute Gasteiger partial charge is 0.243 e. The largest absolute Gasteiger partial charge is 0.379 e. The Labute approximate surface area is 125 Å². The van der Waals surface area contributed by atoms with Crippen LogP contribution >= 0.6 is 0 Å². The molecular weight excluding hydrogens is 314 g/mol. The van der Waals surface area contributed by atoms with Gasteiger partial charge < -0.3 is 4.74 Å². The van der Waals surface area contributed by atoms with Crippen molar-refractivity contribution in [2.75, 3.05) is 26.3 Å². The van der Waals surface area contributed by atoms with Crippen molar-refractivity contribution in [2.45, 2.75) is 28.9 Å². The first kappa shape index (κ1) is 16.4. The number of nitrogens with zero attached hydrogens (tertiary/aromatic N) is 1. The molecule has 0 spiro atoms. The normalized spacial score (nSPS) is 18.0. The second-order valence-electron chi connectivity index (χ2n) is 5.08. The number of hydrogen-bond donors (Lipinski definition) is 0. The van der Waals surface area contributed by atoms with Crippen molar-refractivity contribution in [3.63, 3.8) is 0 Å². The summed E-state index contributed by atoms with van der Waals surface area (Å²) in [5.74, 6) is 0. The monoisotopic (exact) mass is 333 g/mol. The fourth-order valence-electron chi connectivity index (χ4n) is 2.01. The lowest BCUT2D eigenvalue weighted by Crippen LogP contribution is -2.40. The van der Waals surface area contributed by atoms with Gasteiger partial charge in [0.05, 0.1) is 28.3 Å². The van der Waals surface area contributed by atoms with Crippen molar-refractivity contribution in [3.05, 3.63) is 24.3 Å². The van der Waals surface area contributed by atoms with Gasteiger partial charge in [0.1, 0.15) is 0 Å². The first-order chi connectivity index (χ1) is 9.76. The predicted octanol–water partition coefficient (Wildman–Crippen LogP) is 0.890. The van der Waals surface area contributed by atoms with Crippen molar-refractivity contribution < 1.29 is 21.6 Å². The third kappa shape index (κ3) is 3.28. The highest BCUT2D eigenvalue weighted by molar-refractivity contribution is 7.92. The number of rotatable bonds is 4. The van der Waals surface area contributed by atoms with Crippen molar-refractivity contribution in [1.82, 2.24) is 4.31 Å². The number of benzene rings is 1. The number of sulfonamides is 1. The van der Waals surface area contributed by atoms with Crippen molar-refractivity contribution in [2.24, 2.45) is 0 Å². The van der Waals surface area contributed by atoms with E-state index in [-0.39, 0.29) is 9.79 Å². The Hall–Kier alpha value is -0.960. The quantitative estimate of drug-likeness (QED) is 0.817. The Morgan fingerprint density at radius 1 is 0.952 bits per heavy atom. The average molecular weight is 333 g/mol. The molecule has 0 amide bonds. The molecule has 0 atom stereocenters. The third-order valence-corrected chi connectivity index (χ3v) is 7.46. The Balaban J connectivity index is 2.30. The van der Waals surface area contributed by atoms with Gasteiger partial charge >= 0.3 is 0 Å². The van der Waals surface area contributed by atoms with Crippen LogP contribution in [0.25, 0.3) is 0 Å². The van der Waals surface area contributed by atoms with Crippen LogP contribution in [0, 0.1) is 0 Å². The summed E-state index contributed by atoms with van der Waals surface area (Å²) in [6, 6.07) is 5.39. The maximum absolute atomic E-state index is 12.4. The van der Waals surface area contributed by atoms with E-state index < -0.39 is 25.1 Å². The van der Waals surface area contributed by atoms with Crippen LogP contribution in [-0.2, 0) is 24.6 Å². The van der Waals surface area contributed by atoms with E-state index in [0.717, 1.165) is 0 Å². The van der Waals surface area contributed by atoms with Gasteiger partial charge in [0.2, 0.25) is 10.0 Å². The van der Waals surface area contributed by atoms with Crippen LogP contribution in [0.2, 0.25) is 0 Å². The van der Waals surface area contributed by atoms with E-state index in [4.69, 9.17) is 4.74 Å². The molecule has 8 heteroatoms. The topological polar surface area (TPSA) is 80.8 Å². The molecule has 118 valence electrons. The lowest BCUT2D eigenvalue weighted by molar-refractivity contribution is 0.0730. The summed E-state index contributed by atoms with van der Waals surface area (Å²) in [6.45, 7) is 4.56. The molecule has 0 radical (unpaired) electrons. The first-order valence-electron chi connectivity index (χ1n) is 6.68. The van der Waals surface area contributed by atoms with E-state index in [1.165, 1.54) is 28.6 Å². The minimum Gasteiger partial charge on any atom is -0.379 e. The van der Waals surface area contributed by atoms with Gasteiger partial charge in [-0.15, -0.1) is 0 Å². The first-order valence-corrected chi connectivity index (χ1v) is 9.67. The van der Waals surface area contributed by atoms with Crippen LogP contribution in [0.3, 0.4) is 0 Å². The fraction of sp³-hybridized carbons (Fsp3) is 0.538. The van der Waals surface area contributed by atoms with Crippen LogP contribution in [0.5, 0.6) is 0 Å². The lowest BCUT2D eigenvalue weighted by atomic mass is 10.4. The summed E-state index contributed by atoms with van der Waals surface area (Å²) in [7, 11) is -6.98. The molecular formula is C13H19NO5S2. The van der Waals surface area contributed by atoms with Crippen LogP contribution in [-0.4, -0.2) is 52.7 Å². The van der Waals surface area contributed by atoms with E-state index in [1.807, 2.05) is 0 Å². The highest BCUT2D eigenvalue weighted by Gasteiger charge is 2.27. The highest BCUT2D eigenvalue weighted by atomic mass is 32.2. The average Bonchev–Trinajstić information content (AvgIpc) is 2.48. The van der Waals surface area contributed by atoms with Crippen molar-refractivity contribution in [3.8, 4) is 0 Å². The maximum Gasteiger partial charge on any atom is 0.243 e. The summed E-state index contributed by atoms with van der Waals surface area (Å²) in [5, 5.41) is -0.542. The number of morpholine rings is 1. The molecule has 1 aromatic carbocycles. The van der Waals surface area contributed by atoms with Gasteiger partial charge in [0, 0.05) is 13.1 Å². The van der Waals surface area contributed by atoms with Crippen LogP contribution in [0.1, 0.15) is 13.8 Å². The van der Waals surface area contributed by atoms with Gasteiger partial charge in [0.25, 0.3) is 0 Å².